The minimum Gasteiger partial charge on any atom is -0.298 e. The Hall–Kier alpha value is -0.760. The first kappa shape index (κ1) is 12.3. The van der Waals surface area contributed by atoms with Crippen LogP contribution in [0.4, 0.5) is 0 Å². The molecule has 0 unspecified atom stereocenters. The third kappa shape index (κ3) is 4.08. The zero-order valence-electron chi connectivity index (χ0n) is 9.45. The van der Waals surface area contributed by atoms with E-state index in [0.29, 0.717) is 0 Å². The number of rotatable bonds is 6. The van der Waals surface area contributed by atoms with Crippen molar-refractivity contribution >= 4 is 18.0 Å². The highest BCUT2D eigenvalue weighted by atomic mass is 32.2. The van der Waals surface area contributed by atoms with Crippen LogP contribution in [0, 0.1) is 6.92 Å². The van der Waals surface area contributed by atoms with Gasteiger partial charge >= 0.3 is 0 Å². The Morgan fingerprint density at radius 3 is 2.73 bits per heavy atom. The summed E-state index contributed by atoms with van der Waals surface area (Å²) in [4.78, 5) is 11.9. The maximum absolute atomic E-state index is 10.6. The molecule has 0 N–H and O–H groups in total. The number of thioether (sulfide) groups is 1. The van der Waals surface area contributed by atoms with Crippen molar-refractivity contribution in [1.29, 1.82) is 0 Å². The van der Waals surface area contributed by atoms with E-state index in [1.165, 1.54) is 29.9 Å². The highest BCUT2D eigenvalue weighted by molar-refractivity contribution is 7.99. The number of hydrogen-bond acceptors (Lipinski definition) is 2. The molecule has 0 aromatic heterocycles. The van der Waals surface area contributed by atoms with E-state index in [0.717, 1.165) is 17.4 Å². The molecule has 1 rings (SSSR count). The largest absolute Gasteiger partial charge is 0.298 e. The molecule has 82 valence electrons. The van der Waals surface area contributed by atoms with Gasteiger partial charge in [-0.3, -0.25) is 4.79 Å². The molecule has 2 heteroatoms. The van der Waals surface area contributed by atoms with Gasteiger partial charge in [-0.2, -0.15) is 0 Å². The molecular weight excluding hydrogens is 204 g/mol. The topological polar surface area (TPSA) is 17.1 Å². The highest BCUT2D eigenvalue weighted by Crippen LogP contribution is 2.22. The van der Waals surface area contributed by atoms with E-state index in [-0.39, 0.29) is 0 Å². The Bertz CT molecular complexity index is 320. The first-order valence-electron chi connectivity index (χ1n) is 5.46. The van der Waals surface area contributed by atoms with Crippen LogP contribution in [0.3, 0.4) is 0 Å². The van der Waals surface area contributed by atoms with Gasteiger partial charge in [0.1, 0.15) is 6.29 Å². The van der Waals surface area contributed by atoms with Gasteiger partial charge < -0.3 is 0 Å². The minimum absolute atomic E-state index is 0.799. The van der Waals surface area contributed by atoms with Crippen LogP contribution in [-0.4, -0.2) is 12.0 Å². The van der Waals surface area contributed by atoms with Crippen molar-refractivity contribution in [3.63, 3.8) is 0 Å². The molecule has 0 saturated heterocycles. The molecule has 0 aliphatic rings. The summed E-state index contributed by atoms with van der Waals surface area (Å²) in [5.74, 6) is 1.17. The number of carbonyl (C=O) groups excluding carboxylic acids is 1. The van der Waals surface area contributed by atoms with Crippen LogP contribution in [0.1, 0.15) is 42.1 Å². The second-order valence-electron chi connectivity index (χ2n) is 3.69. The van der Waals surface area contributed by atoms with E-state index in [9.17, 15) is 4.79 Å². The number of aryl methyl sites for hydroxylation is 1. The second-order valence-corrected chi connectivity index (χ2v) is 4.86. The van der Waals surface area contributed by atoms with Crippen molar-refractivity contribution in [2.45, 2.75) is 38.0 Å². The average molecular weight is 222 g/mol. The summed E-state index contributed by atoms with van der Waals surface area (Å²) < 4.78 is 0. The Morgan fingerprint density at radius 2 is 2.13 bits per heavy atom. The van der Waals surface area contributed by atoms with Crippen LogP contribution in [0.15, 0.2) is 23.1 Å². The summed E-state index contributed by atoms with van der Waals surface area (Å²) in [6.45, 7) is 4.20. The summed E-state index contributed by atoms with van der Waals surface area (Å²) >= 11 is 1.88. The SMILES string of the molecule is CCCCCSc1ccc(C=O)c(C)c1. The minimum atomic E-state index is 0.799. The Morgan fingerprint density at radius 1 is 1.33 bits per heavy atom. The summed E-state index contributed by atoms with van der Waals surface area (Å²) in [6.07, 6.45) is 4.76. The van der Waals surface area contributed by atoms with Gasteiger partial charge in [-0.1, -0.05) is 25.8 Å². The summed E-state index contributed by atoms with van der Waals surface area (Å²) in [5.41, 5.74) is 1.87. The van der Waals surface area contributed by atoms with Gasteiger partial charge in [0, 0.05) is 10.5 Å². The monoisotopic (exact) mass is 222 g/mol. The van der Waals surface area contributed by atoms with Crippen molar-refractivity contribution < 1.29 is 4.79 Å². The molecule has 0 aliphatic heterocycles. The van der Waals surface area contributed by atoms with Gasteiger partial charge in [0.25, 0.3) is 0 Å². The van der Waals surface area contributed by atoms with Crippen LogP contribution >= 0.6 is 11.8 Å². The van der Waals surface area contributed by atoms with Gasteiger partial charge in [0.2, 0.25) is 0 Å². The van der Waals surface area contributed by atoms with Crippen LogP contribution in [0.2, 0.25) is 0 Å². The van der Waals surface area contributed by atoms with Gasteiger partial charge in [-0.05, 0) is 36.8 Å². The third-order valence-corrected chi connectivity index (χ3v) is 3.46. The number of aldehydes is 1. The van der Waals surface area contributed by atoms with E-state index in [1.807, 2.05) is 30.8 Å². The lowest BCUT2D eigenvalue weighted by Crippen LogP contribution is -1.87. The van der Waals surface area contributed by atoms with E-state index >= 15 is 0 Å². The van der Waals surface area contributed by atoms with Gasteiger partial charge in [0.05, 0.1) is 0 Å². The summed E-state index contributed by atoms with van der Waals surface area (Å²) in [7, 11) is 0. The molecule has 1 nitrogen and oxygen atoms in total. The Labute approximate surface area is 96.3 Å². The molecule has 0 spiro atoms. The molecule has 1 aromatic rings. The summed E-state index contributed by atoms with van der Waals surface area (Å²) in [5, 5.41) is 0. The molecule has 1 aromatic carbocycles. The second kappa shape index (κ2) is 6.67. The zero-order chi connectivity index (χ0) is 11.1. The van der Waals surface area contributed by atoms with Crippen molar-refractivity contribution in [2.24, 2.45) is 0 Å². The molecule has 0 radical (unpaired) electrons. The number of carbonyl (C=O) groups is 1. The molecule has 0 atom stereocenters. The van der Waals surface area contributed by atoms with Crippen LogP contribution in [-0.2, 0) is 0 Å². The van der Waals surface area contributed by atoms with Crippen molar-refractivity contribution in [2.75, 3.05) is 5.75 Å². The fourth-order valence-electron chi connectivity index (χ4n) is 1.41. The molecule has 0 saturated carbocycles. The number of benzene rings is 1. The van der Waals surface area contributed by atoms with Crippen LogP contribution in [0.25, 0.3) is 0 Å². The van der Waals surface area contributed by atoms with Gasteiger partial charge in [0.15, 0.2) is 0 Å². The van der Waals surface area contributed by atoms with Crippen LogP contribution < -0.4 is 0 Å². The fourth-order valence-corrected chi connectivity index (χ4v) is 2.42. The Kier molecular flexibility index (Phi) is 5.48. The first-order chi connectivity index (χ1) is 7.27. The van der Waals surface area contributed by atoms with Crippen LogP contribution in [0.5, 0.6) is 0 Å². The van der Waals surface area contributed by atoms with Crippen molar-refractivity contribution in [3.8, 4) is 0 Å². The predicted octanol–water partition coefficient (Wildman–Crippen LogP) is 4.09. The van der Waals surface area contributed by atoms with Crippen molar-refractivity contribution in [3.05, 3.63) is 29.3 Å². The quantitative estimate of drug-likeness (QED) is 0.409. The third-order valence-electron chi connectivity index (χ3n) is 2.38. The first-order valence-corrected chi connectivity index (χ1v) is 6.45. The molecule has 0 amide bonds. The van der Waals surface area contributed by atoms with Gasteiger partial charge in [-0.25, -0.2) is 0 Å². The lowest BCUT2D eigenvalue weighted by atomic mass is 10.1. The molecule has 15 heavy (non-hydrogen) atoms. The van der Waals surface area contributed by atoms with Crippen molar-refractivity contribution in [1.82, 2.24) is 0 Å². The highest BCUT2D eigenvalue weighted by Gasteiger charge is 1.99. The van der Waals surface area contributed by atoms with E-state index in [1.54, 1.807) is 0 Å². The van der Waals surface area contributed by atoms with E-state index < -0.39 is 0 Å². The predicted molar refractivity (Wildman–Crippen MR) is 66.8 cm³/mol. The maximum atomic E-state index is 10.6. The molecule has 0 aliphatic carbocycles. The summed E-state index contributed by atoms with van der Waals surface area (Å²) in [6, 6.07) is 6.04. The molecular formula is C13H18OS. The Balaban J connectivity index is 2.48. The standard InChI is InChI=1S/C13H18OS/c1-3-4-5-8-15-13-7-6-12(10-14)11(2)9-13/h6-7,9-10H,3-5,8H2,1-2H3. The number of unbranched alkanes of at least 4 members (excludes halogenated alkanes) is 2. The smallest absolute Gasteiger partial charge is 0.150 e. The number of hydrogen-bond donors (Lipinski definition) is 0. The van der Waals surface area contributed by atoms with E-state index in [4.69, 9.17) is 0 Å². The average Bonchev–Trinajstić information content (AvgIpc) is 2.25. The lowest BCUT2D eigenvalue weighted by Gasteiger charge is -2.04. The van der Waals surface area contributed by atoms with Gasteiger partial charge in [-0.15, -0.1) is 11.8 Å². The molecule has 0 bridgehead atoms. The van der Waals surface area contributed by atoms with E-state index in [2.05, 4.69) is 13.0 Å². The lowest BCUT2D eigenvalue weighted by molar-refractivity contribution is 0.112. The zero-order valence-corrected chi connectivity index (χ0v) is 10.3. The molecule has 0 fully saturated rings. The normalized spacial score (nSPS) is 10.3. The maximum Gasteiger partial charge on any atom is 0.150 e. The molecule has 0 heterocycles. The fraction of sp³-hybridized carbons (Fsp3) is 0.462.